The lowest BCUT2D eigenvalue weighted by Crippen LogP contribution is -2.36. The number of nitrogens with one attached hydrogen (secondary N) is 1. The summed E-state index contributed by atoms with van der Waals surface area (Å²) < 4.78 is 5.82. The van der Waals surface area contributed by atoms with E-state index in [1.165, 1.54) is 0 Å². The highest BCUT2D eigenvalue weighted by atomic mass is 16.5. The lowest BCUT2D eigenvalue weighted by Gasteiger charge is -2.20. The fourth-order valence-electron chi connectivity index (χ4n) is 1.86. The minimum absolute atomic E-state index is 0.205. The zero-order valence-corrected chi connectivity index (χ0v) is 13.0. The normalized spacial score (nSPS) is 11.6. The van der Waals surface area contributed by atoms with E-state index in [1.54, 1.807) is 0 Å². The molecule has 108 valence electrons. The number of hydrogen-bond donors (Lipinski definition) is 1. The molecule has 0 saturated heterocycles. The van der Waals surface area contributed by atoms with Crippen LogP contribution in [0.3, 0.4) is 0 Å². The summed E-state index contributed by atoms with van der Waals surface area (Å²) in [4.78, 5) is 4.50. The predicted octanol–water partition coefficient (Wildman–Crippen LogP) is 3.50. The van der Waals surface area contributed by atoms with Crippen LogP contribution in [0.2, 0.25) is 0 Å². The van der Waals surface area contributed by atoms with Crippen LogP contribution in [0.4, 0.5) is 0 Å². The fourth-order valence-corrected chi connectivity index (χ4v) is 1.86. The minimum Gasteiger partial charge on any atom is -0.492 e. The Labute approximate surface area is 117 Å². The number of aromatic nitrogens is 1. The van der Waals surface area contributed by atoms with Crippen LogP contribution in [0.15, 0.2) is 12.1 Å². The molecule has 0 saturated carbocycles. The van der Waals surface area contributed by atoms with Gasteiger partial charge in [-0.15, -0.1) is 0 Å². The van der Waals surface area contributed by atoms with Crippen LogP contribution in [-0.2, 0) is 6.42 Å². The van der Waals surface area contributed by atoms with Crippen molar-refractivity contribution in [2.24, 2.45) is 0 Å². The van der Waals surface area contributed by atoms with Crippen molar-refractivity contribution >= 4 is 0 Å². The summed E-state index contributed by atoms with van der Waals surface area (Å²) in [6.07, 6.45) is 3.13. The molecule has 0 unspecified atom stereocenters. The summed E-state index contributed by atoms with van der Waals surface area (Å²) in [7, 11) is 0. The third-order valence-corrected chi connectivity index (χ3v) is 2.89. The molecule has 1 aromatic rings. The first-order valence-electron chi connectivity index (χ1n) is 7.26. The number of ether oxygens (including phenoxy) is 1. The van der Waals surface area contributed by atoms with Gasteiger partial charge in [0.1, 0.15) is 5.75 Å². The van der Waals surface area contributed by atoms with Crippen LogP contribution in [0.1, 0.15) is 51.9 Å². The Hall–Kier alpha value is -1.09. The van der Waals surface area contributed by atoms with E-state index in [-0.39, 0.29) is 5.54 Å². The van der Waals surface area contributed by atoms with Gasteiger partial charge in [-0.2, -0.15) is 0 Å². The number of aryl methyl sites for hydroxylation is 2. The quantitative estimate of drug-likeness (QED) is 0.765. The Morgan fingerprint density at radius 3 is 2.58 bits per heavy atom. The highest BCUT2D eigenvalue weighted by molar-refractivity contribution is 5.29. The molecule has 0 aliphatic rings. The van der Waals surface area contributed by atoms with E-state index >= 15 is 0 Å². The van der Waals surface area contributed by atoms with E-state index in [9.17, 15) is 0 Å². The van der Waals surface area contributed by atoms with Crippen molar-refractivity contribution < 1.29 is 4.74 Å². The summed E-state index contributed by atoms with van der Waals surface area (Å²) >= 11 is 0. The van der Waals surface area contributed by atoms with E-state index in [2.05, 4.69) is 38.0 Å². The van der Waals surface area contributed by atoms with Gasteiger partial charge in [-0.05, 0) is 65.6 Å². The molecule has 0 atom stereocenters. The maximum atomic E-state index is 5.82. The second-order valence-corrected chi connectivity index (χ2v) is 5.98. The van der Waals surface area contributed by atoms with Crippen LogP contribution in [0, 0.1) is 6.92 Å². The van der Waals surface area contributed by atoms with Crippen molar-refractivity contribution in [3.63, 3.8) is 0 Å². The van der Waals surface area contributed by atoms with Crippen LogP contribution in [0.25, 0.3) is 0 Å². The van der Waals surface area contributed by atoms with Gasteiger partial charge in [0.15, 0.2) is 0 Å². The number of unbranched alkanes of at least 4 members (excludes halogenated alkanes) is 1. The Balaban J connectivity index is 2.26. The van der Waals surface area contributed by atoms with Gasteiger partial charge in [-0.3, -0.25) is 4.98 Å². The molecule has 1 rings (SSSR count). The topological polar surface area (TPSA) is 34.1 Å². The highest BCUT2D eigenvalue weighted by Crippen LogP contribution is 2.17. The van der Waals surface area contributed by atoms with Crippen molar-refractivity contribution in [1.29, 1.82) is 0 Å². The highest BCUT2D eigenvalue weighted by Gasteiger charge is 2.07. The molecule has 0 amide bonds. The number of pyridine rings is 1. The molecule has 3 heteroatoms. The van der Waals surface area contributed by atoms with Gasteiger partial charge in [0.2, 0.25) is 0 Å². The molecule has 1 aromatic heterocycles. The zero-order valence-electron chi connectivity index (χ0n) is 13.0. The molecule has 19 heavy (non-hydrogen) atoms. The van der Waals surface area contributed by atoms with Gasteiger partial charge in [-0.1, -0.05) is 6.92 Å². The molecular weight excluding hydrogens is 236 g/mol. The largest absolute Gasteiger partial charge is 0.492 e. The second-order valence-electron chi connectivity index (χ2n) is 5.98. The summed E-state index contributed by atoms with van der Waals surface area (Å²) in [5.74, 6) is 0.942. The van der Waals surface area contributed by atoms with Gasteiger partial charge in [0, 0.05) is 11.2 Å². The average Bonchev–Trinajstić information content (AvgIpc) is 2.33. The van der Waals surface area contributed by atoms with E-state index in [0.717, 1.165) is 49.6 Å². The molecule has 0 radical (unpaired) electrons. The molecule has 0 fully saturated rings. The van der Waals surface area contributed by atoms with Gasteiger partial charge >= 0.3 is 0 Å². The lowest BCUT2D eigenvalue weighted by molar-refractivity contribution is 0.297. The second kappa shape index (κ2) is 7.49. The van der Waals surface area contributed by atoms with E-state index < -0.39 is 0 Å². The van der Waals surface area contributed by atoms with Crippen LogP contribution in [0.5, 0.6) is 5.75 Å². The molecule has 0 bridgehead atoms. The molecule has 0 spiro atoms. The van der Waals surface area contributed by atoms with Gasteiger partial charge < -0.3 is 10.1 Å². The maximum Gasteiger partial charge on any atom is 0.140 e. The predicted molar refractivity (Wildman–Crippen MR) is 80.8 cm³/mol. The van der Waals surface area contributed by atoms with E-state index in [4.69, 9.17) is 4.74 Å². The monoisotopic (exact) mass is 264 g/mol. The standard InChI is InChI=1S/C16H28N2O/c1-6-14-15(10-9-13(2)18-14)19-12-8-7-11-17-16(3,4)5/h9-10,17H,6-8,11-12H2,1-5H3. The van der Waals surface area contributed by atoms with Crippen molar-refractivity contribution in [3.8, 4) is 5.75 Å². The molecule has 0 aliphatic carbocycles. The third-order valence-electron chi connectivity index (χ3n) is 2.89. The van der Waals surface area contributed by atoms with E-state index in [1.807, 2.05) is 19.1 Å². The fraction of sp³-hybridized carbons (Fsp3) is 0.688. The first-order valence-corrected chi connectivity index (χ1v) is 7.26. The van der Waals surface area contributed by atoms with Crippen LogP contribution < -0.4 is 10.1 Å². The van der Waals surface area contributed by atoms with Crippen molar-refractivity contribution in [2.75, 3.05) is 13.2 Å². The molecule has 1 N–H and O–H groups in total. The number of hydrogen-bond acceptors (Lipinski definition) is 3. The Bertz CT molecular complexity index is 383. The van der Waals surface area contributed by atoms with E-state index in [0.29, 0.717) is 0 Å². The number of nitrogens with zero attached hydrogens (tertiary/aromatic N) is 1. The lowest BCUT2D eigenvalue weighted by atomic mass is 10.1. The summed E-state index contributed by atoms with van der Waals surface area (Å²) in [5.41, 5.74) is 2.32. The van der Waals surface area contributed by atoms with Gasteiger partial charge in [-0.25, -0.2) is 0 Å². The first-order chi connectivity index (χ1) is 8.92. The SMILES string of the molecule is CCc1nc(C)ccc1OCCCCNC(C)(C)C. The van der Waals surface area contributed by atoms with Crippen LogP contribution >= 0.6 is 0 Å². The van der Waals surface area contributed by atoms with Crippen molar-refractivity contribution in [1.82, 2.24) is 10.3 Å². The third kappa shape index (κ3) is 6.58. The molecular formula is C16H28N2O. The Kier molecular flexibility index (Phi) is 6.29. The average molecular weight is 264 g/mol. The summed E-state index contributed by atoms with van der Waals surface area (Å²) in [6.45, 7) is 12.5. The maximum absolute atomic E-state index is 5.82. The Morgan fingerprint density at radius 2 is 1.95 bits per heavy atom. The van der Waals surface area contributed by atoms with Gasteiger partial charge in [0.05, 0.1) is 12.3 Å². The smallest absolute Gasteiger partial charge is 0.140 e. The molecule has 1 heterocycles. The first kappa shape index (κ1) is 16.0. The summed E-state index contributed by atoms with van der Waals surface area (Å²) in [5, 5.41) is 3.48. The van der Waals surface area contributed by atoms with Crippen LogP contribution in [-0.4, -0.2) is 23.7 Å². The molecule has 0 aromatic carbocycles. The van der Waals surface area contributed by atoms with Crippen molar-refractivity contribution in [2.45, 2.75) is 59.4 Å². The van der Waals surface area contributed by atoms with Gasteiger partial charge in [0.25, 0.3) is 0 Å². The minimum atomic E-state index is 0.205. The van der Waals surface area contributed by atoms with Crippen molar-refractivity contribution in [3.05, 3.63) is 23.5 Å². The molecule has 3 nitrogen and oxygen atoms in total. The Morgan fingerprint density at radius 1 is 1.21 bits per heavy atom. The molecule has 0 aliphatic heterocycles. The summed E-state index contributed by atoms with van der Waals surface area (Å²) in [6, 6.07) is 4.05. The number of rotatable bonds is 7. The zero-order chi connectivity index (χ0) is 14.3.